The van der Waals surface area contributed by atoms with Crippen molar-refractivity contribution in [1.29, 1.82) is 0 Å². The maximum Gasteiger partial charge on any atom is 0.167 e. The molecular weight excluding hydrogens is 118 g/mol. The minimum Gasteiger partial charge on any atom is -0.367 e. The molecule has 0 aliphatic heterocycles. The minimum atomic E-state index is -0.792. The summed E-state index contributed by atoms with van der Waals surface area (Å²) in [5.74, 6) is 0. The molecule has 0 fully saturated rings. The van der Waals surface area contributed by atoms with E-state index in [1.807, 2.05) is 13.8 Å². The number of nitrogens with two attached hydrogens (primary N) is 1. The molecule has 0 aliphatic rings. The second-order valence-corrected chi connectivity index (χ2v) is 2.05. The van der Waals surface area contributed by atoms with Crippen molar-refractivity contribution < 1.29 is 9.84 Å². The molecule has 0 rings (SSSR count). The quantitative estimate of drug-likeness (QED) is 0.534. The Morgan fingerprint density at radius 2 is 2.22 bits per heavy atom. The third kappa shape index (κ3) is 4.39. The molecule has 2 unspecified atom stereocenters. The van der Waals surface area contributed by atoms with E-state index >= 15 is 0 Å². The Labute approximate surface area is 55.8 Å². The normalized spacial score (nSPS) is 17.3. The molecule has 0 radical (unpaired) electrons. The van der Waals surface area contributed by atoms with Crippen molar-refractivity contribution in [3.8, 4) is 0 Å². The summed E-state index contributed by atoms with van der Waals surface area (Å²) in [6, 6.07) is 0. The zero-order valence-corrected chi connectivity index (χ0v) is 6.00. The van der Waals surface area contributed by atoms with Gasteiger partial charge in [-0.1, -0.05) is 6.92 Å². The number of ether oxygens (including phenoxy) is 1. The van der Waals surface area contributed by atoms with Crippen molar-refractivity contribution in [1.82, 2.24) is 0 Å². The molecular formula is C6H15NO2. The Morgan fingerprint density at radius 3 is 2.56 bits per heavy atom. The van der Waals surface area contributed by atoms with Crippen LogP contribution in [0, 0.1) is 0 Å². The molecule has 0 saturated carbocycles. The first-order valence-corrected chi connectivity index (χ1v) is 3.24. The summed E-state index contributed by atoms with van der Waals surface area (Å²) < 4.78 is 4.98. The SMILES string of the molecule is CCC(C)OC(O)CN. The maximum atomic E-state index is 8.81. The number of aliphatic hydroxyl groups is 1. The van der Waals surface area contributed by atoms with Crippen molar-refractivity contribution in [3.63, 3.8) is 0 Å². The molecule has 56 valence electrons. The highest BCUT2D eigenvalue weighted by atomic mass is 16.6. The van der Waals surface area contributed by atoms with Gasteiger partial charge in [0.1, 0.15) is 0 Å². The second kappa shape index (κ2) is 4.73. The third-order valence-electron chi connectivity index (χ3n) is 1.17. The van der Waals surface area contributed by atoms with Crippen LogP contribution in [0.3, 0.4) is 0 Å². The van der Waals surface area contributed by atoms with Crippen LogP contribution < -0.4 is 5.73 Å². The maximum absolute atomic E-state index is 8.81. The molecule has 0 spiro atoms. The van der Waals surface area contributed by atoms with E-state index in [1.165, 1.54) is 0 Å². The van der Waals surface area contributed by atoms with Gasteiger partial charge in [0.05, 0.1) is 6.10 Å². The van der Waals surface area contributed by atoms with Gasteiger partial charge < -0.3 is 15.6 Å². The molecule has 0 aliphatic carbocycles. The average molecular weight is 133 g/mol. The van der Waals surface area contributed by atoms with Gasteiger partial charge in [-0.3, -0.25) is 0 Å². The van der Waals surface area contributed by atoms with Crippen molar-refractivity contribution in [2.24, 2.45) is 5.73 Å². The average Bonchev–Trinajstić information content (AvgIpc) is 1.87. The number of hydrogen-bond donors (Lipinski definition) is 2. The van der Waals surface area contributed by atoms with Gasteiger partial charge in [-0.05, 0) is 13.3 Å². The summed E-state index contributed by atoms with van der Waals surface area (Å²) in [4.78, 5) is 0. The highest BCUT2D eigenvalue weighted by Crippen LogP contribution is 1.97. The summed E-state index contributed by atoms with van der Waals surface area (Å²) in [7, 11) is 0. The van der Waals surface area contributed by atoms with Gasteiger partial charge in [0.15, 0.2) is 6.29 Å². The van der Waals surface area contributed by atoms with Gasteiger partial charge >= 0.3 is 0 Å². The fourth-order valence-corrected chi connectivity index (χ4v) is 0.420. The van der Waals surface area contributed by atoms with Crippen LogP contribution in [-0.4, -0.2) is 24.0 Å². The van der Waals surface area contributed by atoms with E-state index in [1.54, 1.807) is 0 Å². The molecule has 0 aromatic rings. The van der Waals surface area contributed by atoms with E-state index in [4.69, 9.17) is 15.6 Å². The van der Waals surface area contributed by atoms with E-state index in [9.17, 15) is 0 Å². The van der Waals surface area contributed by atoms with Crippen LogP contribution in [-0.2, 0) is 4.74 Å². The fourth-order valence-electron chi connectivity index (χ4n) is 0.420. The summed E-state index contributed by atoms with van der Waals surface area (Å²) >= 11 is 0. The zero-order valence-electron chi connectivity index (χ0n) is 6.00. The highest BCUT2D eigenvalue weighted by Gasteiger charge is 2.04. The van der Waals surface area contributed by atoms with Crippen LogP contribution in [0.25, 0.3) is 0 Å². The van der Waals surface area contributed by atoms with Crippen LogP contribution in [0.15, 0.2) is 0 Å². The Bertz CT molecular complexity index is 60.1. The minimum absolute atomic E-state index is 0.101. The molecule has 3 N–H and O–H groups in total. The van der Waals surface area contributed by atoms with E-state index < -0.39 is 6.29 Å². The summed E-state index contributed by atoms with van der Waals surface area (Å²) in [6.07, 6.45) is 0.209. The standard InChI is InChI=1S/C6H15NO2/c1-3-5(2)9-6(8)4-7/h5-6,8H,3-4,7H2,1-2H3. The highest BCUT2D eigenvalue weighted by molar-refractivity contribution is 4.47. The number of hydrogen-bond acceptors (Lipinski definition) is 3. The van der Waals surface area contributed by atoms with Gasteiger partial charge in [-0.15, -0.1) is 0 Å². The first-order chi connectivity index (χ1) is 4.20. The van der Waals surface area contributed by atoms with E-state index in [2.05, 4.69) is 0 Å². The lowest BCUT2D eigenvalue weighted by molar-refractivity contribution is -0.123. The van der Waals surface area contributed by atoms with Crippen LogP contribution in [0.4, 0.5) is 0 Å². The molecule has 0 bridgehead atoms. The molecule has 9 heavy (non-hydrogen) atoms. The number of aliphatic hydroxyl groups excluding tert-OH is 1. The summed E-state index contributed by atoms with van der Waals surface area (Å²) in [5, 5.41) is 8.81. The largest absolute Gasteiger partial charge is 0.367 e. The van der Waals surface area contributed by atoms with Crippen molar-refractivity contribution in [3.05, 3.63) is 0 Å². The first kappa shape index (κ1) is 8.88. The van der Waals surface area contributed by atoms with Gasteiger partial charge in [0.25, 0.3) is 0 Å². The molecule has 0 heterocycles. The topological polar surface area (TPSA) is 55.5 Å². The molecule has 3 heteroatoms. The lowest BCUT2D eigenvalue weighted by atomic mass is 10.3. The monoisotopic (exact) mass is 133 g/mol. The van der Waals surface area contributed by atoms with Gasteiger partial charge in [-0.2, -0.15) is 0 Å². The molecule has 0 aromatic carbocycles. The van der Waals surface area contributed by atoms with Crippen LogP contribution in [0.1, 0.15) is 20.3 Å². The lowest BCUT2D eigenvalue weighted by Crippen LogP contribution is -2.26. The molecule has 0 aromatic heterocycles. The van der Waals surface area contributed by atoms with Crippen molar-refractivity contribution >= 4 is 0 Å². The predicted molar refractivity (Wildman–Crippen MR) is 35.9 cm³/mol. The van der Waals surface area contributed by atoms with Crippen molar-refractivity contribution in [2.45, 2.75) is 32.7 Å². The Balaban J connectivity index is 3.22. The Kier molecular flexibility index (Phi) is 4.67. The Morgan fingerprint density at radius 1 is 1.67 bits per heavy atom. The number of rotatable bonds is 4. The molecule has 0 saturated heterocycles. The zero-order chi connectivity index (χ0) is 7.28. The predicted octanol–water partition coefficient (Wildman–Crippen LogP) is 0.0786. The smallest absolute Gasteiger partial charge is 0.167 e. The van der Waals surface area contributed by atoms with E-state index in [0.29, 0.717) is 0 Å². The van der Waals surface area contributed by atoms with Gasteiger partial charge in [-0.25, -0.2) is 0 Å². The van der Waals surface area contributed by atoms with Crippen LogP contribution >= 0.6 is 0 Å². The Hall–Kier alpha value is -0.120. The molecule has 2 atom stereocenters. The first-order valence-electron chi connectivity index (χ1n) is 3.24. The summed E-state index contributed by atoms with van der Waals surface area (Å²) in [5.41, 5.74) is 5.10. The van der Waals surface area contributed by atoms with E-state index in [0.717, 1.165) is 6.42 Å². The van der Waals surface area contributed by atoms with Gasteiger partial charge in [0.2, 0.25) is 0 Å². The molecule has 3 nitrogen and oxygen atoms in total. The third-order valence-corrected chi connectivity index (χ3v) is 1.17. The fraction of sp³-hybridized carbons (Fsp3) is 1.00. The van der Waals surface area contributed by atoms with Crippen LogP contribution in [0.5, 0.6) is 0 Å². The van der Waals surface area contributed by atoms with Crippen molar-refractivity contribution in [2.75, 3.05) is 6.54 Å². The van der Waals surface area contributed by atoms with E-state index in [-0.39, 0.29) is 12.6 Å². The van der Waals surface area contributed by atoms with Gasteiger partial charge in [0, 0.05) is 6.54 Å². The molecule has 0 amide bonds. The summed E-state index contributed by atoms with van der Waals surface area (Å²) in [6.45, 7) is 4.07. The second-order valence-electron chi connectivity index (χ2n) is 2.05. The van der Waals surface area contributed by atoms with Crippen LogP contribution in [0.2, 0.25) is 0 Å². The lowest BCUT2D eigenvalue weighted by Gasteiger charge is -2.14.